The number of esters is 4. The van der Waals surface area contributed by atoms with Gasteiger partial charge in [0.1, 0.15) is 19.3 Å². The van der Waals surface area contributed by atoms with E-state index >= 15 is 0 Å². The lowest BCUT2D eigenvalue weighted by atomic mass is 10.1. The fraction of sp³-hybridized carbons (Fsp3) is 0.670. The highest BCUT2D eigenvalue weighted by Crippen LogP contribution is 2.45. The van der Waals surface area contributed by atoms with Crippen molar-refractivity contribution in [3.05, 3.63) is 158 Å². The van der Waals surface area contributed by atoms with Crippen LogP contribution in [0.25, 0.3) is 0 Å². The molecule has 0 bridgehead atoms. The third kappa shape index (κ3) is 80.7. The molecule has 17 nitrogen and oxygen atoms in total. The lowest BCUT2D eigenvalue weighted by Gasteiger charge is -2.21. The largest absolute Gasteiger partial charge is 0.472 e. The molecule has 110 heavy (non-hydrogen) atoms. The minimum Gasteiger partial charge on any atom is -0.462 e. The molecule has 19 heteroatoms. The maximum Gasteiger partial charge on any atom is 0.472 e. The van der Waals surface area contributed by atoms with Crippen LogP contribution in [-0.2, 0) is 65.4 Å². The zero-order valence-electron chi connectivity index (χ0n) is 68.9. The van der Waals surface area contributed by atoms with E-state index in [1.165, 1.54) is 19.3 Å². The van der Waals surface area contributed by atoms with Gasteiger partial charge in [0, 0.05) is 25.7 Å². The minimum absolute atomic E-state index is 0.0732. The smallest absolute Gasteiger partial charge is 0.462 e. The van der Waals surface area contributed by atoms with Gasteiger partial charge in [0.25, 0.3) is 0 Å². The third-order valence-electron chi connectivity index (χ3n) is 17.5. The monoisotopic (exact) mass is 1580 g/mol. The van der Waals surface area contributed by atoms with Crippen molar-refractivity contribution in [2.24, 2.45) is 0 Å². The van der Waals surface area contributed by atoms with Crippen molar-refractivity contribution < 1.29 is 80.2 Å². The Morgan fingerprint density at radius 2 is 0.473 bits per heavy atom. The summed E-state index contributed by atoms with van der Waals surface area (Å²) >= 11 is 0. The first-order valence-corrected chi connectivity index (χ1v) is 45.7. The predicted octanol–water partition coefficient (Wildman–Crippen LogP) is 25.6. The van der Waals surface area contributed by atoms with Crippen LogP contribution >= 0.6 is 15.6 Å². The molecule has 0 saturated heterocycles. The van der Waals surface area contributed by atoms with Gasteiger partial charge in [0.05, 0.1) is 26.4 Å². The molecule has 0 rings (SSSR count). The number of ether oxygens (including phenoxy) is 4. The van der Waals surface area contributed by atoms with E-state index in [-0.39, 0.29) is 25.7 Å². The topological polar surface area (TPSA) is 237 Å². The molecule has 0 fully saturated rings. The van der Waals surface area contributed by atoms with Crippen LogP contribution in [0.15, 0.2) is 158 Å². The van der Waals surface area contributed by atoms with E-state index < -0.39 is 97.5 Å². The Labute approximate surface area is 668 Å². The summed E-state index contributed by atoms with van der Waals surface area (Å²) in [4.78, 5) is 73.3. The number of carbonyl (C=O) groups is 4. The number of aliphatic hydroxyl groups excluding tert-OH is 1. The molecule has 0 aliphatic carbocycles. The Morgan fingerprint density at radius 3 is 0.727 bits per heavy atom. The Balaban J connectivity index is 5.44. The third-order valence-corrected chi connectivity index (χ3v) is 19.4. The first-order valence-electron chi connectivity index (χ1n) is 42.7. The molecule has 0 spiro atoms. The van der Waals surface area contributed by atoms with Gasteiger partial charge in [-0.3, -0.25) is 37.3 Å². The SMILES string of the molecule is CC/C=C\C/C=C\C/C=C\C/C=C\CCCCCCC(=O)OCC(COP(=O)(O)OCC(O)COP(=O)(O)OCC(COC(=O)CCCCCCCC/C=C\C/C=C\C/C=C\CCCCC)OC(=O)CCCCCCCCC/C=C\C/C=C\C/C=C\CC)OC(=O)CCCCCCCCC/C=C\C/C=C\C/C=C\CC. The average Bonchev–Trinajstić information content (AvgIpc) is 0.904. The summed E-state index contributed by atoms with van der Waals surface area (Å²) in [6.07, 6.45) is 96.2. The number of phosphoric ester groups is 2. The van der Waals surface area contributed by atoms with Gasteiger partial charge in [0.2, 0.25) is 0 Å². The predicted molar refractivity (Wildman–Crippen MR) is 454 cm³/mol. The quantitative estimate of drug-likeness (QED) is 0.0169. The highest BCUT2D eigenvalue weighted by molar-refractivity contribution is 7.47. The Bertz CT molecular complexity index is 2700. The van der Waals surface area contributed by atoms with Crippen molar-refractivity contribution in [3.63, 3.8) is 0 Å². The van der Waals surface area contributed by atoms with Crippen molar-refractivity contribution >= 4 is 39.5 Å². The van der Waals surface area contributed by atoms with Gasteiger partial charge >= 0.3 is 39.5 Å². The molecule has 0 aromatic carbocycles. The Kier molecular flexibility index (Phi) is 77.7. The number of hydrogen-bond donors (Lipinski definition) is 3. The fourth-order valence-electron chi connectivity index (χ4n) is 11.1. The maximum absolute atomic E-state index is 13.1. The average molecular weight is 1580 g/mol. The number of allylic oxidation sites excluding steroid dienone is 26. The number of aliphatic hydroxyl groups is 1. The first-order chi connectivity index (χ1) is 53.7. The van der Waals surface area contributed by atoms with Crippen LogP contribution in [0, 0.1) is 0 Å². The normalized spacial score (nSPS) is 14.6. The van der Waals surface area contributed by atoms with Crippen molar-refractivity contribution in [3.8, 4) is 0 Å². The fourth-order valence-corrected chi connectivity index (χ4v) is 12.7. The van der Waals surface area contributed by atoms with Crippen LogP contribution in [0.1, 0.15) is 336 Å². The lowest BCUT2D eigenvalue weighted by molar-refractivity contribution is -0.161. The molecule has 3 N–H and O–H groups in total. The van der Waals surface area contributed by atoms with Gasteiger partial charge in [-0.2, -0.15) is 0 Å². The molecular weight excluding hydrogens is 1430 g/mol. The van der Waals surface area contributed by atoms with Gasteiger partial charge in [-0.25, -0.2) is 9.13 Å². The Morgan fingerprint density at radius 1 is 0.264 bits per heavy atom. The van der Waals surface area contributed by atoms with Gasteiger partial charge in [0.15, 0.2) is 12.2 Å². The second-order valence-electron chi connectivity index (χ2n) is 28.0. The molecule has 0 radical (unpaired) electrons. The lowest BCUT2D eigenvalue weighted by Crippen LogP contribution is -2.30. The summed E-state index contributed by atoms with van der Waals surface area (Å²) in [5, 5.41) is 10.7. The van der Waals surface area contributed by atoms with E-state index in [1.54, 1.807) is 0 Å². The van der Waals surface area contributed by atoms with E-state index in [2.05, 4.69) is 186 Å². The zero-order chi connectivity index (χ0) is 80.3. The Hall–Kier alpha value is -5.32. The standard InChI is InChI=1S/C91H152O17P2/c1-5-9-13-17-21-25-29-33-37-41-42-46-48-52-56-60-64-68-72-76-89(94)102-82-87(108-91(96)78-74-70-66-62-58-54-50-45-40-36-32-28-24-20-16-12-8-4)84-106-110(99,100)104-80-85(92)79-103-109(97,98)105-83-86(107-90(95)77-73-69-65-61-57-53-49-44-39-35-31-27-23-19-15-11-7-3)81-101-88(93)75-71-67-63-59-55-51-47-43-38-34-30-26-22-18-14-10-6-2/h10-12,14-16,21-28,33-40,42,46-47,51,85-87,92H,5-9,13,17-20,29-32,41,43-45,48-50,52-84H2,1-4H3,(H,97,98)(H,99,100)/b14-10-,15-11-,16-12-,25-21-,26-22-,27-23-,28-24-,37-33-,38-34-,39-35-,40-36-,46-42-,51-47-. The maximum atomic E-state index is 13.1. The molecular formula is C91H152O17P2. The molecule has 0 aliphatic heterocycles. The highest BCUT2D eigenvalue weighted by atomic mass is 31.2. The number of rotatable bonds is 79. The summed E-state index contributed by atoms with van der Waals surface area (Å²) in [7, 11) is -9.99. The molecule has 0 heterocycles. The molecule has 5 atom stereocenters. The number of unbranched alkanes of at least 4 members (excludes halogenated alkanes) is 27. The van der Waals surface area contributed by atoms with Crippen LogP contribution in [0.4, 0.5) is 0 Å². The van der Waals surface area contributed by atoms with Gasteiger partial charge in [-0.05, 0) is 167 Å². The van der Waals surface area contributed by atoms with Crippen LogP contribution < -0.4 is 0 Å². The van der Waals surface area contributed by atoms with E-state index in [4.69, 9.17) is 37.0 Å². The van der Waals surface area contributed by atoms with Crippen LogP contribution in [0.3, 0.4) is 0 Å². The van der Waals surface area contributed by atoms with Crippen LogP contribution in [-0.4, -0.2) is 96.7 Å². The second-order valence-corrected chi connectivity index (χ2v) is 30.9. The molecule has 0 aromatic heterocycles. The van der Waals surface area contributed by atoms with Crippen LogP contribution in [0.5, 0.6) is 0 Å². The van der Waals surface area contributed by atoms with Gasteiger partial charge in [-0.1, -0.05) is 301 Å². The summed E-state index contributed by atoms with van der Waals surface area (Å²) in [5.74, 6) is -2.23. The number of phosphoric acid groups is 2. The van der Waals surface area contributed by atoms with Crippen molar-refractivity contribution in [1.82, 2.24) is 0 Å². The van der Waals surface area contributed by atoms with E-state index in [1.807, 2.05) is 0 Å². The van der Waals surface area contributed by atoms with Crippen molar-refractivity contribution in [1.29, 1.82) is 0 Å². The summed E-state index contributed by atoms with van der Waals surface area (Å²) in [6.45, 7) is 4.48. The number of carbonyl (C=O) groups excluding carboxylic acids is 4. The van der Waals surface area contributed by atoms with Gasteiger partial charge < -0.3 is 33.8 Å². The highest BCUT2D eigenvalue weighted by Gasteiger charge is 2.30. The van der Waals surface area contributed by atoms with Crippen molar-refractivity contribution in [2.75, 3.05) is 39.6 Å². The second kappa shape index (κ2) is 81.7. The molecule has 628 valence electrons. The van der Waals surface area contributed by atoms with Crippen molar-refractivity contribution in [2.45, 2.75) is 354 Å². The van der Waals surface area contributed by atoms with E-state index in [9.17, 15) is 43.2 Å². The molecule has 0 aliphatic rings. The summed E-state index contributed by atoms with van der Waals surface area (Å²) in [6, 6.07) is 0. The first kappa shape index (κ1) is 105. The van der Waals surface area contributed by atoms with Crippen LogP contribution in [0.2, 0.25) is 0 Å². The summed E-state index contributed by atoms with van der Waals surface area (Å²) < 4.78 is 68.8. The number of hydrogen-bond acceptors (Lipinski definition) is 15. The molecule has 5 unspecified atom stereocenters. The minimum atomic E-state index is -5.00. The van der Waals surface area contributed by atoms with E-state index in [0.717, 1.165) is 238 Å². The zero-order valence-corrected chi connectivity index (χ0v) is 70.7. The molecule has 0 aromatic rings. The van der Waals surface area contributed by atoms with Gasteiger partial charge in [-0.15, -0.1) is 0 Å². The summed E-state index contributed by atoms with van der Waals surface area (Å²) in [5.41, 5.74) is 0. The molecule has 0 saturated carbocycles. The van der Waals surface area contributed by atoms with E-state index in [0.29, 0.717) is 25.7 Å². The molecule has 0 amide bonds.